The van der Waals surface area contributed by atoms with Crippen molar-refractivity contribution in [2.45, 2.75) is 215 Å². The van der Waals surface area contributed by atoms with Gasteiger partial charge in [0, 0.05) is 0 Å². The van der Waals surface area contributed by atoms with Gasteiger partial charge in [0.05, 0.1) is 46.2 Å². The van der Waals surface area contributed by atoms with Crippen LogP contribution in [0, 0.1) is 0 Å². The molecular formula is C42H72O36. The van der Waals surface area contributed by atoms with Gasteiger partial charge in [-0.1, -0.05) is 0 Å². The largest absolute Gasteiger partial charge is 0.394 e. The summed E-state index contributed by atoms with van der Waals surface area (Å²) in [6.45, 7) is -6.91. The highest BCUT2D eigenvalue weighted by Crippen LogP contribution is 2.37. The molecule has 36 nitrogen and oxygen atoms in total. The van der Waals surface area contributed by atoms with Crippen LogP contribution >= 0.6 is 0 Å². The summed E-state index contributed by atoms with van der Waals surface area (Å²) in [7, 11) is 0. The Morgan fingerprint density at radius 3 is 0.795 bits per heavy atom. The normalized spacial score (nSPS) is 53.5. The maximum atomic E-state index is 11.7. The number of hydrogen-bond acceptors (Lipinski definition) is 36. The summed E-state index contributed by atoms with van der Waals surface area (Å²) in [5.41, 5.74) is 0. The molecule has 78 heavy (non-hydrogen) atoms. The molecule has 0 aliphatic carbocycles. The Morgan fingerprint density at radius 1 is 0.218 bits per heavy atom. The van der Waals surface area contributed by atoms with E-state index in [4.69, 9.17) is 61.6 Å². The fraction of sp³-hybridized carbons (Fsp3) is 1.00. The summed E-state index contributed by atoms with van der Waals surface area (Å²) < 4.78 is 73.5. The molecule has 7 aliphatic rings. The fourth-order valence-electron chi connectivity index (χ4n) is 9.81. The van der Waals surface area contributed by atoms with Crippen LogP contribution in [0.5, 0.6) is 0 Å². The van der Waals surface area contributed by atoms with Gasteiger partial charge in [0.2, 0.25) is 0 Å². The van der Waals surface area contributed by atoms with Gasteiger partial charge in [-0.05, 0) is 0 Å². The van der Waals surface area contributed by atoms with Gasteiger partial charge in [0.25, 0.3) is 0 Å². The molecule has 0 bridgehead atoms. The smallest absolute Gasteiger partial charge is 0.187 e. The van der Waals surface area contributed by atoms with Crippen molar-refractivity contribution in [1.29, 1.82) is 0 Å². The zero-order chi connectivity index (χ0) is 57.3. The van der Waals surface area contributed by atoms with Crippen molar-refractivity contribution in [3.05, 3.63) is 0 Å². The molecule has 36 heteroatoms. The average molecular weight is 1150 g/mol. The predicted molar refractivity (Wildman–Crippen MR) is 232 cm³/mol. The lowest BCUT2D eigenvalue weighted by Gasteiger charge is -2.49. The summed E-state index contributed by atoms with van der Waals surface area (Å²) in [5, 5.41) is 244. The van der Waals surface area contributed by atoms with E-state index in [0.717, 1.165) is 0 Å². The van der Waals surface area contributed by atoms with Crippen molar-refractivity contribution in [2.24, 2.45) is 0 Å². The third-order valence-electron chi connectivity index (χ3n) is 14.5. The molecule has 0 saturated carbocycles. The van der Waals surface area contributed by atoms with Crippen molar-refractivity contribution in [2.75, 3.05) is 46.2 Å². The van der Waals surface area contributed by atoms with Gasteiger partial charge in [-0.2, -0.15) is 0 Å². The lowest BCUT2D eigenvalue weighted by molar-refractivity contribution is -0.405. The second kappa shape index (κ2) is 27.5. The van der Waals surface area contributed by atoms with Crippen molar-refractivity contribution >= 4 is 0 Å². The second-order valence-corrected chi connectivity index (χ2v) is 19.6. The Bertz CT molecular complexity index is 1820. The van der Waals surface area contributed by atoms with E-state index in [-0.39, 0.29) is 0 Å². The second-order valence-electron chi connectivity index (χ2n) is 19.6. The number of rotatable bonds is 19. The molecule has 7 heterocycles. The standard InChI is InChI=1S/C42H72O36/c43-1-8-15(49)22(56)28(62)37(68-8)75-33-25(59)18(52)12(5-47)72-41(33)77-32-24(58)17(51)10(3-45)70-39(32)66-7-14-21(55)31(30(64)36(65)67-14)74-40-35(27(61)20(54)11(4-46)71-40)78-42-34(26(60)19(53)13(6-48)73-42)76-38-29(63)23(57)16(50)9(2-44)69-38/h8-65H,1-7H2/t8-,9-,10-,11-,12-,13-,14-,15-,16-,17-,18-,19-,20-,21-,22+,23+,24+,25+,26+,27+,28+,29+,30+,31+,32+,33+,34+,35+,36+,37-,38-,39+,40-,41-,42-/m1/s1. The highest BCUT2D eigenvalue weighted by atomic mass is 16.8. The summed E-state index contributed by atoms with van der Waals surface area (Å²) in [6, 6.07) is 0. The first-order valence-electron chi connectivity index (χ1n) is 24.7. The van der Waals surface area contributed by atoms with Gasteiger partial charge >= 0.3 is 0 Å². The van der Waals surface area contributed by atoms with Gasteiger partial charge < -0.3 is 179 Å². The number of hydrogen-bond donors (Lipinski definition) is 23. The van der Waals surface area contributed by atoms with Crippen LogP contribution in [0.3, 0.4) is 0 Å². The fourth-order valence-corrected chi connectivity index (χ4v) is 9.81. The first-order chi connectivity index (χ1) is 37.0. The van der Waals surface area contributed by atoms with Crippen LogP contribution in [-0.4, -0.2) is 379 Å². The number of aliphatic hydroxyl groups is 23. The summed E-state index contributed by atoms with van der Waals surface area (Å²) in [6.07, 6.45) is -70.4. The minimum atomic E-state index is -2.32. The van der Waals surface area contributed by atoms with Crippen LogP contribution in [0.1, 0.15) is 0 Å². The van der Waals surface area contributed by atoms with Crippen molar-refractivity contribution < 1.29 is 179 Å². The average Bonchev–Trinajstić information content (AvgIpc) is 3.59. The Labute approximate surface area is 439 Å². The molecule has 0 spiro atoms. The Kier molecular flexibility index (Phi) is 22.6. The molecule has 0 radical (unpaired) electrons. The third kappa shape index (κ3) is 13.1. The van der Waals surface area contributed by atoms with Crippen LogP contribution in [0.15, 0.2) is 0 Å². The minimum Gasteiger partial charge on any atom is -0.394 e. The highest BCUT2D eigenvalue weighted by molar-refractivity contribution is 5.00. The molecule has 7 rings (SSSR count). The number of ether oxygens (including phenoxy) is 13. The zero-order valence-electron chi connectivity index (χ0n) is 40.8. The van der Waals surface area contributed by atoms with Crippen LogP contribution in [0.2, 0.25) is 0 Å². The van der Waals surface area contributed by atoms with Crippen molar-refractivity contribution in [3.63, 3.8) is 0 Å². The van der Waals surface area contributed by atoms with Gasteiger partial charge in [-0.15, -0.1) is 0 Å². The van der Waals surface area contributed by atoms with E-state index >= 15 is 0 Å². The molecule has 7 fully saturated rings. The van der Waals surface area contributed by atoms with E-state index < -0.39 is 261 Å². The molecule has 0 unspecified atom stereocenters. The molecule has 7 saturated heterocycles. The molecule has 35 atom stereocenters. The topological polar surface area (TPSA) is 585 Å². The van der Waals surface area contributed by atoms with Crippen LogP contribution in [0.4, 0.5) is 0 Å². The van der Waals surface area contributed by atoms with Crippen LogP contribution in [0.25, 0.3) is 0 Å². The highest BCUT2D eigenvalue weighted by Gasteiger charge is 2.58. The van der Waals surface area contributed by atoms with Crippen LogP contribution < -0.4 is 0 Å². The third-order valence-corrected chi connectivity index (χ3v) is 14.5. The van der Waals surface area contributed by atoms with Gasteiger partial charge in [0.15, 0.2) is 44.0 Å². The monoisotopic (exact) mass is 1150 g/mol. The first kappa shape index (κ1) is 64.1. The Hall–Kier alpha value is -1.44. The van der Waals surface area contributed by atoms with Gasteiger partial charge in [-0.25, -0.2) is 0 Å². The first-order valence-corrected chi connectivity index (χ1v) is 24.7. The summed E-state index contributed by atoms with van der Waals surface area (Å²) in [5.74, 6) is 0. The Balaban J connectivity index is 1.11. The van der Waals surface area contributed by atoms with Crippen molar-refractivity contribution in [3.8, 4) is 0 Å². The van der Waals surface area contributed by atoms with E-state index in [2.05, 4.69) is 0 Å². The molecule has 23 N–H and O–H groups in total. The SMILES string of the molecule is OC[C@H]1O[C@H](O[C@@H]2[C@@H](O[C@@H]3[C@@H](OC[C@H]4O[C@H](O)[C@@H](O)[C@@H](O[C@H]5O[C@H](CO)[C@@H](O)[C@H](O)[C@@H]5O[C@H]5O[C@H](CO)[C@@H](O)[C@H](O)[C@@H]5O[C@H]5O[C@H](CO)[C@@H](O)[C@H](O)[C@@H]5O)[C@@H]4O)O[C@H](CO)[C@@H](O)[C@@H]3O)O[C@H](CO)[C@@H](O)[C@@H]2O)[C@@H](O)[C@@H](O)[C@@H]1O. The lowest BCUT2D eigenvalue weighted by atomic mass is 9.95. The Morgan fingerprint density at radius 2 is 0.474 bits per heavy atom. The molecule has 0 aromatic rings. The van der Waals surface area contributed by atoms with E-state index in [1.165, 1.54) is 0 Å². The molecule has 0 amide bonds. The molecule has 456 valence electrons. The summed E-state index contributed by atoms with van der Waals surface area (Å²) in [4.78, 5) is 0. The van der Waals surface area contributed by atoms with E-state index in [1.807, 2.05) is 0 Å². The van der Waals surface area contributed by atoms with E-state index in [1.54, 1.807) is 0 Å². The van der Waals surface area contributed by atoms with Crippen molar-refractivity contribution in [1.82, 2.24) is 0 Å². The quantitative estimate of drug-likeness (QED) is 0.0571. The maximum absolute atomic E-state index is 11.7. The molecular weight excluding hydrogens is 1080 g/mol. The van der Waals surface area contributed by atoms with Gasteiger partial charge in [0.1, 0.15) is 171 Å². The molecule has 0 aromatic heterocycles. The maximum Gasteiger partial charge on any atom is 0.187 e. The zero-order valence-corrected chi connectivity index (χ0v) is 40.8. The summed E-state index contributed by atoms with van der Waals surface area (Å²) >= 11 is 0. The van der Waals surface area contributed by atoms with Crippen LogP contribution in [-0.2, 0) is 61.6 Å². The number of aliphatic hydroxyl groups excluding tert-OH is 23. The minimum absolute atomic E-state index is 0.919. The van der Waals surface area contributed by atoms with E-state index in [9.17, 15) is 117 Å². The molecule has 0 aromatic carbocycles. The molecule has 7 aliphatic heterocycles. The van der Waals surface area contributed by atoms with Gasteiger partial charge in [-0.3, -0.25) is 0 Å². The lowest BCUT2D eigenvalue weighted by Crippen LogP contribution is -2.68. The predicted octanol–water partition coefficient (Wildman–Crippen LogP) is -16.3. The van der Waals surface area contributed by atoms with E-state index in [0.29, 0.717) is 0 Å².